The average molecular weight is 258 g/mol. The Bertz CT molecular complexity index is 388. The zero-order valence-corrected chi connectivity index (χ0v) is 9.90. The smallest absolute Gasteiger partial charge is 0.255 e. The molecule has 0 aliphatic carbocycles. The molecule has 1 fully saturated rings. The molecule has 1 aliphatic heterocycles. The molecule has 5 nitrogen and oxygen atoms in total. The quantitative estimate of drug-likeness (QED) is 0.819. The van der Waals surface area contributed by atoms with Crippen molar-refractivity contribution in [2.75, 3.05) is 19.6 Å². The number of piperidine rings is 1. The summed E-state index contributed by atoms with van der Waals surface area (Å²) in [7, 11) is 0. The molecule has 100 valence electrons. The summed E-state index contributed by atoms with van der Waals surface area (Å²) in [6, 6.07) is 1.73. The van der Waals surface area contributed by atoms with Crippen LogP contribution in [-0.2, 0) is 10.3 Å². The molecule has 0 aromatic carbocycles. The molecule has 1 aliphatic rings. The first-order valence-corrected chi connectivity index (χ1v) is 5.92. The molecule has 7 heteroatoms. The lowest BCUT2D eigenvalue weighted by molar-refractivity contribution is -0.132. The molecule has 2 N–H and O–H groups in total. The summed E-state index contributed by atoms with van der Waals surface area (Å²) < 4.78 is 25.9. The van der Waals surface area contributed by atoms with E-state index in [0.717, 1.165) is 0 Å². The number of alkyl halides is 2. The maximum atomic E-state index is 12.2. The standard InChI is InChI=1S/C11H16F2N4O/c12-9(13)8-15-10(18)11(2-5-14-6-3-11)17-7-1-4-16-17/h1,4,7,9,14H,2-3,5-6,8H2,(H,15,18). The minimum atomic E-state index is -2.54. The number of aromatic nitrogens is 2. The normalized spacial score (nSPS) is 18.8. The summed E-state index contributed by atoms with van der Waals surface area (Å²) in [6.07, 6.45) is 1.84. The molecule has 0 spiro atoms. The number of carbonyl (C=O) groups excluding carboxylic acids is 1. The van der Waals surface area contributed by atoms with Crippen molar-refractivity contribution in [1.82, 2.24) is 20.4 Å². The van der Waals surface area contributed by atoms with Crippen LogP contribution in [0.2, 0.25) is 0 Å². The molecule has 1 aromatic rings. The summed E-state index contributed by atoms with van der Waals surface area (Å²) in [5.41, 5.74) is -0.844. The maximum absolute atomic E-state index is 12.2. The first-order chi connectivity index (χ1) is 8.65. The van der Waals surface area contributed by atoms with Crippen LogP contribution in [-0.4, -0.2) is 41.7 Å². The van der Waals surface area contributed by atoms with E-state index < -0.39 is 18.5 Å². The van der Waals surface area contributed by atoms with Gasteiger partial charge in [-0.1, -0.05) is 0 Å². The molecule has 0 unspecified atom stereocenters. The molecule has 0 saturated carbocycles. The minimum Gasteiger partial charge on any atom is -0.348 e. The van der Waals surface area contributed by atoms with Crippen LogP contribution in [0.5, 0.6) is 0 Å². The summed E-state index contributed by atoms with van der Waals surface area (Å²) in [5.74, 6) is -0.381. The molecule has 2 rings (SSSR count). The van der Waals surface area contributed by atoms with E-state index in [4.69, 9.17) is 0 Å². The van der Waals surface area contributed by atoms with E-state index in [1.165, 1.54) is 0 Å². The molecule has 1 amide bonds. The SMILES string of the molecule is O=C(NCC(F)F)C1(n2cccn2)CCNCC1. The van der Waals surface area contributed by atoms with Crippen LogP contribution in [0.4, 0.5) is 8.78 Å². The van der Waals surface area contributed by atoms with Crippen molar-refractivity contribution >= 4 is 5.91 Å². The van der Waals surface area contributed by atoms with Gasteiger partial charge in [0.05, 0.1) is 6.54 Å². The minimum absolute atomic E-state index is 0.381. The van der Waals surface area contributed by atoms with Crippen molar-refractivity contribution in [3.63, 3.8) is 0 Å². The highest BCUT2D eigenvalue weighted by Crippen LogP contribution is 2.27. The van der Waals surface area contributed by atoms with E-state index in [1.807, 2.05) is 0 Å². The molecule has 0 bridgehead atoms. The van der Waals surface area contributed by atoms with E-state index in [1.54, 1.807) is 23.1 Å². The van der Waals surface area contributed by atoms with Crippen molar-refractivity contribution in [3.05, 3.63) is 18.5 Å². The van der Waals surface area contributed by atoms with Crippen LogP contribution >= 0.6 is 0 Å². The van der Waals surface area contributed by atoms with Crippen molar-refractivity contribution in [3.8, 4) is 0 Å². The lowest BCUT2D eigenvalue weighted by Crippen LogP contribution is -2.55. The average Bonchev–Trinajstić information content (AvgIpc) is 2.91. The highest BCUT2D eigenvalue weighted by Gasteiger charge is 2.41. The lowest BCUT2D eigenvalue weighted by Gasteiger charge is -2.36. The number of halogens is 2. The highest BCUT2D eigenvalue weighted by atomic mass is 19.3. The van der Waals surface area contributed by atoms with Crippen LogP contribution in [0.25, 0.3) is 0 Å². The molecular weight excluding hydrogens is 242 g/mol. The van der Waals surface area contributed by atoms with Gasteiger partial charge >= 0.3 is 0 Å². The van der Waals surface area contributed by atoms with Crippen molar-refractivity contribution in [2.24, 2.45) is 0 Å². The predicted octanol–water partition coefficient (Wildman–Crippen LogP) is 0.343. The molecule has 1 aromatic heterocycles. The Morgan fingerprint density at radius 2 is 2.22 bits per heavy atom. The topological polar surface area (TPSA) is 59.0 Å². The van der Waals surface area contributed by atoms with Gasteiger partial charge in [0.1, 0.15) is 5.54 Å². The number of hydrogen-bond donors (Lipinski definition) is 2. The number of hydrogen-bond acceptors (Lipinski definition) is 3. The summed E-state index contributed by atoms with van der Waals surface area (Å²) >= 11 is 0. The fourth-order valence-electron chi connectivity index (χ4n) is 2.26. The number of nitrogens with zero attached hydrogens (tertiary/aromatic N) is 2. The van der Waals surface area contributed by atoms with Gasteiger partial charge in [-0.15, -0.1) is 0 Å². The lowest BCUT2D eigenvalue weighted by atomic mass is 9.87. The van der Waals surface area contributed by atoms with Gasteiger partial charge in [-0.2, -0.15) is 5.10 Å². The van der Waals surface area contributed by atoms with E-state index in [2.05, 4.69) is 15.7 Å². The van der Waals surface area contributed by atoms with E-state index >= 15 is 0 Å². The second-order valence-electron chi connectivity index (χ2n) is 4.33. The maximum Gasteiger partial charge on any atom is 0.255 e. The summed E-state index contributed by atoms with van der Waals surface area (Å²) in [4.78, 5) is 12.2. The second kappa shape index (κ2) is 5.43. The largest absolute Gasteiger partial charge is 0.348 e. The van der Waals surface area contributed by atoms with Gasteiger partial charge in [0, 0.05) is 12.4 Å². The Kier molecular flexibility index (Phi) is 3.90. The van der Waals surface area contributed by atoms with Crippen LogP contribution < -0.4 is 10.6 Å². The van der Waals surface area contributed by atoms with Crippen molar-refractivity contribution < 1.29 is 13.6 Å². The third kappa shape index (κ3) is 2.50. The Balaban J connectivity index is 2.17. The first-order valence-electron chi connectivity index (χ1n) is 5.92. The molecular formula is C11H16F2N4O. The van der Waals surface area contributed by atoms with Gasteiger partial charge in [-0.3, -0.25) is 9.48 Å². The Hall–Kier alpha value is -1.50. The number of carbonyl (C=O) groups is 1. The predicted molar refractivity (Wildman–Crippen MR) is 61.3 cm³/mol. The number of amides is 1. The first kappa shape index (κ1) is 12.9. The van der Waals surface area contributed by atoms with Gasteiger partial charge in [0.2, 0.25) is 5.91 Å². The van der Waals surface area contributed by atoms with Crippen LogP contribution in [0, 0.1) is 0 Å². The Morgan fingerprint density at radius 3 is 2.78 bits per heavy atom. The molecule has 0 atom stereocenters. The monoisotopic (exact) mass is 258 g/mol. The van der Waals surface area contributed by atoms with Crippen LogP contribution in [0.15, 0.2) is 18.5 Å². The zero-order chi connectivity index (χ0) is 13.0. The van der Waals surface area contributed by atoms with Gasteiger partial charge in [0.15, 0.2) is 0 Å². The van der Waals surface area contributed by atoms with Gasteiger partial charge < -0.3 is 10.6 Å². The summed E-state index contributed by atoms with van der Waals surface area (Å²) in [5, 5.41) is 9.56. The molecule has 18 heavy (non-hydrogen) atoms. The molecule has 1 saturated heterocycles. The fraction of sp³-hybridized carbons (Fsp3) is 0.636. The van der Waals surface area contributed by atoms with Crippen LogP contribution in [0.3, 0.4) is 0 Å². The third-order valence-corrected chi connectivity index (χ3v) is 3.21. The fourth-order valence-corrected chi connectivity index (χ4v) is 2.26. The zero-order valence-electron chi connectivity index (χ0n) is 9.90. The van der Waals surface area contributed by atoms with Gasteiger partial charge in [-0.25, -0.2) is 8.78 Å². The van der Waals surface area contributed by atoms with Crippen molar-refractivity contribution in [2.45, 2.75) is 24.8 Å². The Labute approximate surface area is 104 Å². The number of nitrogens with one attached hydrogen (secondary N) is 2. The van der Waals surface area contributed by atoms with Gasteiger partial charge in [-0.05, 0) is 32.0 Å². The summed E-state index contributed by atoms with van der Waals surface area (Å²) in [6.45, 7) is 0.721. The van der Waals surface area contributed by atoms with Crippen LogP contribution in [0.1, 0.15) is 12.8 Å². The number of rotatable bonds is 4. The highest BCUT2D eigenvalue weighted by molar-refractivity contribution is 5.84. The van der Waals surface area contributed by atoms with E-state index in [-0.39, 0.29) is 5.91 Å². The van der Waals surface area contributed by atoms with E-state index in [0.29, 0.717) is 25.9 Å². The van der Waals surface area contributed by atoms with Gasteiger partial charge in [0.25, 0.3) is 6.43 Å². The van der Waals surface area contributed by atoms with Crippen molar-refractivity contribution in [1.29, 1.82) is 0 Å². The Morgan fingerprint density at radius 1 is 1.50 bits per heavy atom. The second-order valence-corrected chi connectivity index (χ2v) is 4.33. The molecule has 2 heterocycles. The molecule has 0 radical (unpaired) electrons. The third-order valence-electron chi connectivity index (χ3n) is 3.21. The van der Waals surface area contributed by atoms with E-state index in [9.17, 15) is 13.6 Å².